The molecule has 54 valence electrons. The first-order chi connectivity index (χ1) is 5.24. The zero-order chi connectivity index (χ0) is 8.27. The largest absolute Gasteiger partial charge is 0.269 e. The zero-order valence-corrected chi connectivity index (χ0v) is 5.52. The lowest BCUT2D eigenvalue weighted by Gasteiger charge is -1.88. The van der Waals surface area contributed by atoms with Crippen molar-refractivity contribution in [3.8, 4) is 6.07 Å². The van der Waals surface area contributed by atoms with E-state index in [4.69, 9.17) is 5.26 Å². The van der Waals surface area contributed by atoms with Crippen LogP contribution in [0.1, 0.15) is 5.56 Å². The van der Waals surface area contributed by atoms with Gasteiger partial charge < -0.3 is 0 Å². The Hall–Kier alpha value is -1.89. The maximum absolute atomic E-state index is 10.1. The van der Waals surface area contributed by atoms with E-state index in [0.717, 1.165) is 0 Å². The average Bonchev–Trinajstić information content (AvgIpc) is 2.05. The van der Waals surface area contributed by atoms with Gasteiger partial charge in [-0.2, -0.15) is 5.26 Å². The van der Waals surface area contributed by atoms with E-state index in [2.05, 4.69) is 0 Å². The van der Waals surface area contributed by atoms with Crippen molar-refractivity contribution in [2.75, 3.05) is 0 Å². The number of non-ortho nitro benzene ring substituents is 1. The molecule has 0 saturated carbocycles. The van der Waals surface area contributed by atoms with Crippen LogP contribution in [0.4, 0.5) is 5.69 Å². The molecule has 0 atom stereocenters. The van der Waals surface area contributed by atoms with Crippen LogP contribution in [0, 0.1) is 21.4 Å². The highest BCUT2D eigenvalue weighted by molar-refractivity contribution is 5.38. The van der Waals surface area contributed by atoms with E-state index in [-0.39, 0.29) is 5.69 Å². The fraction of sp³-hybridized carbons (Fsp3) is 0. The first-order valence-corrected chi connectivity index (χ1v) is 2.88. The molecule has 0 aromatic heterocycles. The molecule has 0 unspecified atom stereocenters. The van der Waals surface area contributed by atoms with Gasteiger partial charge in [0.1, 0.15) is 0 Å². The molecule has 0 aliphatic heterocycles. The van der Waals surface area contributed by atoms with Crippen molar-refractivity contribution in [2.45, 2.75) is 0 Å². The van der Waals surface area contributed by atoms with Gasteiger partial charge in [0.05, 0.1) is 16.6 Å². The molecule has 0 aliphatic carbocycles. The summed E-state index contributed by atoms with van der Waals surface area (Å²) in [6, 6.07) is 7.31. The Morgan fingerprint density at radius 2 is 1.91 bits per heavy atom. The van der Waals surface area contributed by atoms with Gasteiger partial charge in [0, 0.05) is 12.1 Å². The van der Waals surface area contributed by atoms with Crippen molar-refractivity contribution in [1.82, 2.24) is 0 Å². The minimum atomic E-state index is -0.499. The van der Waals surface area contributed by atoms with Crippen molar-refractivity contribution in [3.63, 3.8) is 0 Å². The minimum Gasteiger partial charge on any atom is -0.258 e. The maximum atomic E-state index is 10.1. The van der Waals surface area contributed by atoms with Crippen molar-refractivity contribution >= 4 is 5.69 Å². The molecular weight excluding hydrogens is 144 g/mol. The maximum Gasteiger partial charge on any atom is 0.269 e. The molecule has 0 heterocycles. The van der Waals surface area contributed by atoms with E-state index in [9.17, 15) is 10.1 Å². The predicted molar refractivity (Wildman–Crippen MR) is 37.8 cm³/mol. The van der Waals surface area contributed by atoms with Crippen LogP contribution in [0.3, 0.4) is 0 Å². The summed E-state index contributed by atoms with van der Waals surface area (Å²) in [5, 5.41) is 18.5. The van der Waals surface area contributed by atoms with Crippen LogP contribution in [0.5, 0.6) is 0 Å². The summed E-state index contributed by atoms with van der Waals surface area (Å²) in [7, 11) is 0. The summed E-state index contributed by atoms with van der Waals surface area (Å²) < 4.78 is 0. The molecule has 1 aromatic carbocycles. The first-order valence-electron chi connectivity index (χ1n) is 2.88. The fourth-order valence-electron chi connectivity index (χ4n) is 0.658. The lowest BCUT2D eigenvalue weighted by Crippen LogP contribution is -1.86. The summed E-state index contributed by atoms with van der Waals surface area (Å²) in [6.07, 6.45) is 0. The molecule has 0 amide bonds. The number of nitrogens with zero attached hydrogens (tertiary/aromatic N) is 2. The van der Waals surface area contributed by atoms with Crippen molar-refractivity contribution in [3.05, 3.63) is 39.9 Å². The van der Waals surface area contributed by atoms with Gasteiger partial charge in [-0.15, -0.1) is 0 Å². The first kappa shape index (κ1) is 7.22. The Bertz CT molecular complexity index is 310. The van der Waals surface area contributed by atoms with Crippen LogP contribution in [0.15, 0.2) is 24.3 Å². The molecule has 0 radical (unpaired) electrons. The highest BCUT2D eigenvalue weighted by Crippen LogP contribution is 2.10. The lowest BCUT2D eigenvalue weighted by atomic mass is 10.2. The molecule has 1 rings (SSSR count). The van der Waals surface area contributed by atoms with Gasteiger partial charge in [-0.25, -0.2) is 0 Å². The van der Waals surface area contributed by atoms with Gasteiger partial charge >= 0.3 is 0 Å². The number of hydrogen-bond acceptors (Lipinski definition) is 3. The number of nitro benzene ring substituents is 1. The van der Waals surface area contributed by atoms with Crippen molar-refractivity contribution < 1.29 is 4.92 Å². The molecule has 0 fully saturated rings. The summed E-state index contributed by atoms with van der Waals surface area (Å²) in [6.45, 7) is 0. The van der Waals surface area contributed by atoms with E-state index in [1.54, 1.807) is 0 Å². The molecule has 11 heavy (non-hydrogen) atoms. The summed E-state index contributed by atoms with van der Waals surface area (Å²) in [4.78, 5) is 9.62. The van der Waals surface area contributed by atoms with E-state index in [1.807, 2.05) is 6.07 Å². The lowest BCUT2D eigenvalue weighted by molar-refractivity contribution is -0.384. The van der Waals surface area contributed by atoms with Gasteiger partial charge in [-0.05, 0) is 12.1 Å². The highest BCUT2D eigenvalue weighted by atomic mass is 16.6. The van der Waals surface area contributed by atoms with Crippen LogP contribution in [0.2, 0.25) is 0 Å². The predicted octanol–water partition coefficient (Wildman–Crippen LogP) is 1.47. The zero-order valence-electron chi connectivity index (χ0n) is 5.52. The molecule has 0 N–H and O–H groups in total. The van der Waals surface area contributed by atoms with Crippen molar-refractivity contribution in [2.24, 2.45) is 0 Å². The third kappa shape index (κ3) is 1.52. The summed E-state index contributed by atoms with van der Waals surface area (Å²) in [5.41, 5.74) is 0.430. The number of hydrogen-bond donors (Lipinski definition) is 0. The minimum absolute atomic E-state index is 0.00370. The number of rotatable bonds is 1. The van der Waals surface area contributed by atoms with Crippen LogP contribution in [-0.4, -0.2) is 4.92 Å². The van der Waals surface area contributed by atoms with Gasteiger partial charge in [0.2, 0.25) is 0 Å². The van der Waals surface area contributed by atoms with E-state index < -0.39 is 4.92 Å². The number of nitriles is 1. The van der Waals surface area contributed by atoms with Gasteiger partial charge in [-0.1, -0.05) is 0 Å². The van der Waals surface area contributed by atoms with Gasteiger partial charge in [0.25, 0.3) is 5.69 Å². The Morgan fingerprint density at radius 3 is 2.27 bits per heavy atom. The molecule has 0 spiro atoms. The monoisotopic (exact) mass is 148 g/mol. The summed E-state index contributed by atoms with van der Waals surface area (Å²) >= 11 is 0. The average molecular weight is 148 g/mol. The van der Waals surface area contributed by atoms with Crippen molar-refractivity contribution in [1.29, 1.82) is 5.26 Å². The molecule has 4 heteroatoms. The third-order valence-electron chi connectivity index (χ3n) is 1.21. The fourth-order valence-corrected chi connectivity index (χ4v) is 0.658. The van der Waals surface area contributed by atoms with Crippen LogP contribution in [0.25, 0.3) is 0 Å². The number of benzene rings is 1. The van der Waals surface area contributed by atoms with Gasteiger partial charge in [-0.3, -0.25) is 10.1 Å². The normalized spacial score (nSPS) is 8.64. The quantitative estimate of drug-likeness (QED) is 0.447. The Balaban J connectivity index is 3.03. The topological polar surface area (TPSA) is 66.9 Å². The van der Waals surface area contributed by atoms with E-state index >= 15 is 0 Å². The molecule has 0 saturated heterocycles. The molecule has 4 nitrogen and oxygen atoms in total. The van der Waals surface area contributed by atoms with Crippen LogP contribution >= 0.6 is 0 Å². The SMILES string of the molecule is [14N]#Cc1ccc([N+](=O)[O-])cc1. The van der Waals surface area contributed by atoms with E-state index in [0.29, 0.717) is 5.56 Å². The second-order valence-corrected chi connectivity index (χ2v) is 1.92. The molecule has 0 aliphatic rings. The number of nitro groups is 1. The van der Waals surface area contributed by atoms with Crippen LogP contribution in [-0.2, 0) is 0 Å². The Morgan fingerprint density at radius 1 is 1.36 bits per heavy atom. The van der Waals surface area contributed by atoms with E-state index in [1.165, 1.54) is 24.3 Å². The third-order valence-corrected chi connectivity index (χ3v) is 1.21. The van der Waals surface area contributed by atoms with Crippen LogP contribution < -0.4 is 0 Å². The molecular formula is C7H4N2O2. The second kappa shape index (κ2) is 2.80. The Kier molecular flexibility index (Phi) is 1.83. The van der Waals surface area contributed by atoms with Gasteiger partial charge in [0.15, 0.2) is 0 Å². The molecule has 1 aromatic rings. The summed E-state index contributed by atoms with van der Waals surface area (Å²) in [5.74, 6) is 0. The second-order valence-electron chi connectivity index (χ2n) is 1.92. The smallest absolute Gasteiger partial charge is 0.258 e. The highest BCUT2D eigenvalue weighted by Gasteiger charge is 2.02. The molecule has 0 bridgehead atoms. The standard InChI is InChI=1S/C7H4N2O2/c8-5-6-1-3-7(4-2-6)9(10)11/h1-4H/i8+0. The Labute approximate surface area is 62.8 Å².